The van der Waals surface area contributed by atoms with Gasteiger partial charge >= 0.3 is 0 Å². The highest BCUT2D eigenvalue weighted by atomic mass is 32.2. The normalized spacial score (nSPS) is 23.3. The van der Waals surface area contributed by atoms with Gasteiger partial charge in [0.15, 0.2) is 9.84 Å². The number of hydrogen-bond acceptors (Lipinski definition) is 4. The number of hydrogen-bond donors (Lipinski definition) is 2. The molecular weight excluding hydrogens is 260 g/mol. The minimum Gasteiger partial charge on any atom is -0.392 e. The molecule has 0 aromatic heterocycles. The van der Waals surface area contributed by atoms with E-state index in [1.165, 1.54) is 0 Å². The molecule has 0 radical (unpaired) electrons. The molecule has 98 valence electrons. The summed E-state index contributed by atoms with van der Waals surface area (Å²) in [5.41, 5.74) is 4.58. The molecule has 1 fully saturated rings. The number of thiocarbonyl (C=S) groups is 1. The lowest BCUT2D eigenvalue weighted by Gasteiger charge is -2.22. The maximum Gasteiger partial charge on any atom is 0.232 e. The minimum atomic E-state index is -2.90. The molecule has 17 heavy (non-hydrogen) atoms. The zero-order valence-corrected chi connectivity index (χ0v) is 11.7. The maximum absolute atomic E-state index is 11.8. The standard InChI is InChI=1S/C10H18N2O3S2/c1-10(2,8(11)16)9(13)12-5-7-3-4-17(14,15)6-7/h7H,3-6H2,1-2H3,(H2,11,16)(H,12,13). The molecule has 1 aliphatic rings. The monoisotopic (exact) mass is 278 g/mol. The third-order valence-corrected chi connectivity index (χ3v) is 5.41. The van der Waals surface area contributed by atoms with Crippen molar-refractivity contribution in [1.29, 1.82) is 0 Å². The Balaban J connectivity index is 2.48. The average Bonchev–Trinajstić information content (AvgIpc) is 2.54. The molecule has 5 nitrogen and oxygen atoms in total. The van der Waals surface area contributed by atoms with Crippen molar-refractivity contribution < 1.29 is 13.2 Å². The molecule has 7 heteroatoms. The van der Waals surface area contributed by atoms with Gasteiger partial charge in [-0.05, 0) is 26.2 Å². The predicted molar refractivity (Wildman–Crippen MR) is 70.3 cm³/mol. The van der Waals surface area contributed by atoms with Crippen molar-refractivity contribution in [2.45, 2.75) is 20.3 Å². The fraction of sp³-hybridized carbons (Fsp3) is 0.800. The average molecular weight is 278 g/mol. The van der Waals surface area contributed by atoms with E-state index in [0.29, 0.717) is 13.0 Å². The molecule has 0 bridgehead atoms. The van der Waals surface area contributed by atoms with E-state index in [2.05, 4.69) is 5.32 Å². The summed E-state index contributed by atoms with van der Waals surface area (Å²) in [4.78, 5) is 11.9. The molecule has 0 saturated carbocycles. The van der Waals surface area contributed by atoms with Crippen molar-refractivity contribution in [2.24, 2.45) is 17.1 Å². The van der Waals surface area contributed by atoms with Crippen LogP contribution in [0.2, 0.25) is 0 Å². The van der Waals surface area contributed by atoms with Crippen LogP contribution in [0.5, 0.6) is 0 Å². The summed E-state index contributed by atoms with van der Waals surface area (Å²) in [6.45, 7) is 3.66. The molecule has 1 rings (SSSR count). The highest BCUT2D eigenvalue weighted by Crippen LogP contribution is 2.19. The number of nitrogens with two attached hydrogens (primary N) is 1. The van der Waals surface area contributed by atoms with Crippen molar-refractivity contribution in [3.05, 3.63) is 0 Å². The first-order chi connectivity index (χ1) is 7.65. The zero-order chi connectivity index (χ0) is 13.3. The van der Waals surface area contributed by atoms with Gasteiger partial charge in [0.1, 0.15) is 0 Å². The number of amides is 1. The van der Waals surface area contributed by atoms with E-state index in [-0.39, 0.29) is 28.3 Å². The Bertz CT molecular complexity index is 429. The quantitative estimate of drug-likeness (QED) is 0.698. The summed E-state index contributed by atoms with van der Waals surface area (Å²) in [5, 5.41) is 2.71. The van der Waals surface area contributed by atoms with Crippen molar-refractivity contribution in [2.75, 3.05) is 18.1 Å². The maximum atomic E-state index is 11.8. The Kier molecular flexibility index (Phi) is 4.14. The Morgan fingerprint density at radius 3 is 2.53 bits per heavy atom. The topological polar surface area (TPSA) is 89.3 Å². The van der Waals surface area contributed by atoms with Crippen molar-refractivity contribution in [3.8, 4) is 0 Å². The van der Waals surface area contributed by atoms with Gasteiger partial charge in [-0.3, -0.25) is 4.79 Å². The molecule has 0 spiro atoms. The van der Waals surface area contributed by atoms with Crippen LogP contribution in [-0.4, -0.2) is 37.4 Å². The molecule has 0 aromatic carbocycles. The van der Waals surface area contributed by atoms with E-state index in [1.807, 2.05) is 0 Å². The van der Waals surface area contributed by atoms with Crippen molar-refractivity contribution >= 4 is 33.0 Å². The Morgan fingerprint density at radius 2 is 2.12 bits per heavy atom. The van der Waals surface area contributed by atoms with Gasteiger partial charge in [0, 0.05) is 6.54 Å². The molecule has 1 saturated heterocycles. The Labute approximate surface area is 107 Å². The van der Waals surface area contributed by atoms with E-state index in [0.717, 1.165) is 0 Å². The molecule has 0 aromatic rings. The Hall–Kier alpha value is -0.690. The lowest BCUT2D eigenvalue weighted by Crippen LogP contribution is -2.46. The van der Waals surface area contributed by atoms with Gasteiger partial charge in [-0.2, -0.15) is 0 Å². The number of nitrogens with one attached hydrogen (secondary N) is 1. The highest BCUT2D eigenvalue weighted by Gasteiger charge is 2.33. The summed E-state index contributed by atoms with van der Waals surface area (Å²) in [6, 6.07) is 0. The fourth-order valence-electron chi connectivity index (χ4n) is 1.60. The van der Waals surface area contributed by atoms with Crippen LogP contribution in [-0.2, 0) is 14.6 Å². The molecule has 1 unspecified atom stereocenters. The summed E-state index contributed by atoms with van der Waals surface area (Å²) < 4.78 is 22.5. The van der Waals surface area contributed by atoms with Crippen LogP contribution >= 0.6 is 12.2 Å². The van der Waals surface area contributed by atoms with Gasteiger partial charge in [-0.25, -0.2) is 8.42 Å². The van der Waals surface area contributed by atoms with Gasteiger partial charge < -0.3 is 11.1 Å². The molecule has 1 aliphatic heterocycles. The smallest absolute Gasteiger partial charge is 0.232 e. The van der Waals surface area contributed by atoms with E-state index in [9.17, 15) is 13.2 Å². The van der Waals surface area contributed by atoms with Gasteiger partial charge in [0.05, 0.1) is 21.9 Å². The van der Waals surface area contributed by atoms with Crippen molar-refractivity contribution in [1.82, 2.24) is 5.32 Å². The summed E-state index contributed by atoms with van der Waals surface area (Å²) in [6.07, 6.45) is 0.607. The fourth-order valence-corrected chi connectivity index (χ4v) is 3.56. The van der Waals surface area contributed by atoms with Crippen LogP contribution in [0, 0.1) is 11.3 Å². The van der Waals surface area contributed by atoms with Crippen LogP contribution in [0.15, 0.2) is 0 Å². The minimum absolute atomic E-state index is 0.00564. The van der Waals surface area contributed by atoms with E-state index in [4.69, 9.17) is 18.0 Å². The van der Waals surface area contributed by atoms with Gasteiger partial charge in [-0.1, -0.05) is 12.2 Å². The van der Waals surface area contributed by atoms with Crippen molar-refractivity contribution in [3.63, 3.8) is 0 Å². The van der Waals surface area contributed by atoms with E-state index < -0.39 is 15.3 Å². The van der Waals surface area contributed by atoms with Gasteiger partial charge in [-0.15, -0.1) is 0 Å². The number of carbonyl (C=O) groups excluding carboxylic acids is 1. The second-order valence-corrected chi connectivity index (χ2v) is 7.64. The summed E-state index contributed by atoms with van der Waals surface area (Å²) in [5.74, 6) is 0.118. The van der Waals surface area contributed by atoms with Crippen LogP contribution in [0.1, 0.15) is 20.3 Å². The number of carbonyl (C=O) groups is 1. The van der Waals surface area contributed by atoms with E-state index in [1.54, 1.807) is 13.8 Å². The number of rotatable bonds is 4. The highest BCUT2D eigenvalue weighted by molar-refractivity contribution is 7.91. The molecular formula is C10H18N2O3S2. The first-order valence-corrected chi connectivity index (χ1v) is 7.67. The molecule has 1 atom stereocenters. The zero-order valence-electron chi connectivity index (χ0n) is 10.0. The Morgan fingerprint density at radius 1 is 1.53 bits per heavy atom. The first kappa shape index (κ1) is 14.4. The lowest BCUT2D eigenvalue weighted by molar-refractivity contribution is -0.126. The van der Waals surface area contributed by atoms with E-state index >= 15 is 0 Å². The molecule has 3 N–H and O–H groups in total. The molecule has 1 heterocycles. The second kappa shape index (κ2) is 4.89. The van der Waals surface area contributed by atoms with Crippen LogP contribution in [0.4, 0.5) is 0 Å². The SMILES string of the molecule is CC(C)(C(=O)NCC1CCS(=O)(=O)C1)C(N)=S. The van der Waals surface area contributed by atoms with Gasteiger partial charge in [0.25, 0.3) is 0 Å². The van der Waals surface area contributed by atoms with Gasteiger partial charge in [0.2, 0.25) is 5.91 Å². The largest absolute Gasteiger partial charge is 0.392 e. The van der Waals surface area contributed by atoms with Crippen LogP contribution in [0.25, 0.3) is 0 Å². The van der Waals surface area contributed by atoms with Crippen LogP contribution < -0.4 is 11.1 Å². The summed E-state index contributed by atoms with van der Waals surface area (Å²) >= 11 is 4.81. The predicted octanol–water partition coefficient (Wildman–Crippen LogP) is -0.150. The van der Waals surface area contributed by atoms with Crippen LogP contribution in [0.3, 0.4) is 0 Å². The lowest BCUT2D eigenvalue weighted by atomic mass is 9.92. The third kappa shape index (κ3) is 3.64. The molecule has 1 amide bonds. The summed E-state index contributed by atoms with van der Waals surface area (Å²) in [7, 11) is -2.90. The second-order valence-electron chi connectivity index (χ2n) is 4.97. The third-order valence-electron chi connectivity index (χ3n) is 3.06. The number of sulfone groups is 1. The molecule has 0 aliphatic carbocycles. The first-order valence-electron chi connectivity index (χ1n) is 5.44.